The van der Waals surface area contributed by atoms with Crippen LogP contribution in [0.3, 0.4) is 0 Å². The van der Waals surface area contributed by atoms with Gasteiger partial charge in [0.1, 0.15) is 5.69 Å². The topological polar surface area (TPSA) is 86.3 Å². The van der Waals surface area contributed by atoms with Gasteiger partial charge in [-0.3, -0.25) is 9.78 Å². The van der Waals surface area contributed by atoms with Crippen molar-refractivity contribution in [3.05, 3.63) is 76.6 Å². The van der Waals surface area contributed by atoms with Gasteiger partial charge in [-0.1, -0.05) is 41.9 Å². The largest absolute Gasteiger partial charge is 0.395 e. The van der Waals surface area contributed by atoms with E-state index in [9.17, 15) is 4.79 Å². The van der Waals surface area contributed by atoms with Crippen molar-refractivity contribution in [3.63, 3.8) is 0 Å². The Balaban J connectivity index is 1.79. The fraction of sp³-hybridized carbons (Fsp3) is 0.217. The molecule has 1 amide bonds. The molecule has 3 aromatic rings. The number of carbonyl (C=O) groups excluding carboxylic acids is 1. The summed E-state index contributed by atoms with van der Waals surface area (Å²) in [6, 6.07) is 15.1. The van der Waals surface area contributed by atoms with E-state index in [0.717, 1.165) is 27.9 Å². The highest BCUT2D eigenvalue weighted by molar-refractivity contribution is 6.36. The summed E-state index contributed by atoms with van der Waals surface area (Å²) in [7, 11) is 1.83. The number of amides is 1. The van der Waals surface area contributed by atoms with Crippen LogP contribution in [0.1, 0.15) is 21.6 Å². The third-order valence-electron chi connectivity index (χ3n) is 4.82. The highest BCUT2D eigenvalue weighted by Crippen LogP contribution is 2.37. The van der Waals surface area contributed by atoms with Crippen LogP contribution in [0.2, 0.25) is 5.02 Å². The van der Waals surface area contributed by atoms with Crippen molar-refractivity contribution in [2.75, 3.05) is 30.8 Å². The highest BCUT2D eigenvalue weighted by Gasteiger charge is 2.14. The summed E-state index contributed by atoms with van der Waals surface area (Å²) in [4.78, 5) is 17.0. The van der Waals surface area contributed by atoms with E-state index in [1.54, 1.807) is 12.3 Å². The van der Waals surface area contributed by atoms with E-state index >= 15 is 0 Å². The molecule has 3 rings (SSSR count). The average Bonchev–Trinajstić information content (AvgIpc) is 2.76. The van der Waals surface area contributed by atoms with Crippen LogP contribution in [0, 0.1) is 6.92 Å². The minimum atomic E-state index is -0.278. The predicted octanol–water partition coefficient (Wildman–Crippen LogP) is 4.09. The van der Waals surface area contributed by atoms with Crippen LogP contribution >= 0.6 is 11.6 Å². The van der Waals surface area contributed by atoms with Crippen molar-refractivity contribution in [1.29, 1.82) is 0 Å². The Hall–Kier alpha value is -2.93. The Kier molecular flexibility index (Phi) is 7.41. The van der Waals surface area contributed by atoms with Gasteiger partial charge in [-0.05, 0) is 41.8 Å². The van der Waals surface area contributed by atoms with Gasteiger partial charge >= 0.3 is 0 Å². The van der Waals surface area contributed by atoms with E-state index in [-0.39, 0.29) is 12.5 Å². The maximum Gasteiger partial charge on any atom is 0.274 e. The molecule has 0 aliphatic carbocycles. The first-order valence-corrected chi connectivity index (χ1v) is 10.1. The first kappa shape index (κ1) is 21.8. The number of halogens is 1. The minimum Gasteiger partial charge on any atom is -0.395 e. The number of hydrogen-bond donors (Lipinski definition) is 4. The lowest BCUT2D eigenvalue weighted by atomic mass is 9.98. The predicted molar refractivity (Wildman–Crippen MR) is 122 cm³/mol. The lowest BCUT2D eigenvalue weighted by Gasteiger charge is -2.15. The summed E-state index contributed by atoms with van der Waals surface area (Å²) in [5.41, 5.74) is 5.60. The first-order chi connectivity index (χ1) is 14.5. The molecular formula is C23H25ClN4O2. The van der Waals surface area contributed by atoms with Gasteiger partial charge in [-0.2, -0.15) is 0 Å². The van der Waals surface area contributed by atoms with Crippen molar-refractivity contribution in [1.82, 2.24) is 10.3 Å². The number of pyridine rings is 1. The van der Waals surface area contributed by atoms with Gasteiger partial charge in [-0.15, -0.1) is 0 Å². The van der Waals surface area contributed by atoms with E-state index in [1.807, 2.05) is 56.4 Å². The van der Waals surface area contributed by atoms with Crippen molar-refractivity contribution in [2.45, 2.75) is 13.5 Å². The smallest absolute Gasteiger partial charge is 0.274 e. The van der Waals surface area contributed by atoms with Gasteiger partial charge in [-0.25, -0.2) is 0 Å². The molecule has 7 heteroatoms. The fourth-order valence-electron chi connectivity index (χ4n) is 3.16. The third kappa shape index (κ3) is 4.97. The zero-order valence-electron chi connectivity index (χ0n) is 17.0. The van der Waals surface area contributed by atoms with Crippen LogP contribution in [0.4, 0.5) is 11.4 Å². The van der Waals surface area contributed by atoms with Crippen molar-refractivity contribution in [3.8, 4) is 11.1 Å². The monoisotopic (exact) mass is 424 g/mol. The molecule has 4 N–H and O–H groups in total. The summed E-state index contributed by atoms with van der Waals surface area (Å²) in [6.07, 6.45) is 1.66. The number of aliphatic hydroxyl groups excluding tert-OH is 1. The van der Waals surface area contributed by atoms with Crippen molar-refractivity contribution < 1.29 is 9.90 Å². The Morgan fingerprint density at radius 2 is 1.80 bits per heavy atom. The summed E-state index contributed by atoms with van der Waals surface area (Å²) in [6.45, 7) is 3.13. The number of rotatable bonds is 8. The van der Waals surface area contributed by atoms with Crippen LogP contribution in [0.5, 0.6) is 0 Å². The molecule has 0 saturated carbocycles. The molecule has 0 fully saturated rings. The Labute approximate surface area is 181 Å². The SMILES string of the molecule is CNc1cccc(-c2cccc(NC(=O)c3ccc(CNCCO)cn3)c2C)c1Cl. The first-order valence-electron chi connectivity index (χ1n) is 9.69. The summed E-state index contributed by atoms with van der Waals surface area (Å²) < 4.78 is 0. The van der Waals surface area contributed by atoms with Crippen LogP contribution in [0.25, 0.3) is 11.1 Å². The molecule has 0 bridgehead atoms. The number of anilines is 2. The Morgan fingerprint density at radius 3 is 2.47 bits per heavy atom. The molecular weight excluding hydrogens is 400 g/mol. The second-order valence-corrected chi connectivity index (χ2v) is 7.18. The molecule has 0 unspecified atom stereocenters. The van der Waals surface area contributed by atoms with Crippen LogP contribution in [-0.2, 0) is 6.54 Å². The second kappa shape index (κ2) is 10.2. The third-order valence-corrected chi connectivity index (χ3v) is 5.22. The molecule has 30 heavy (non-hydrogen) atoms. The standard InChI is InChI=1S/C23H25ClN4O2/c1-15-17(18-6-4-8-20(25-2)22(18)24)5-3-7-19(15)28-23(30)21-10-9-16(14-27-21)13-26-11-12-29/h3-10,14,25-26,29H,11-13H2,1-2H3,(H,28,30). The summed E-state index contributed by atoms with van der Waals surface area (Å²) in [5.74, 6) is -0.278. The fourth-order valence-corrected chi connectivity index (χ4v) is 3.48. The van der Waals surface area contributed by atoms with E-state index in [2.05, 4.69) is 20.9 Å². The molecule has 1 heterocycles. The molecule has 0 aliphatic rings. The second-order valence-electron chi connectivity index (χ2n) is 6.80. The number of hydrogen-bond acceptors (Lipinski definition) is 5. The zero-order valence-corrected chi connectivity index (χ0v) is 17.8. The molecule has 6 nitrogen and oxygen atoms in total. The maximum absolute atomic E-state index is 12.7. The Morgan fingerprint density at radius 1 is 1.07 bits per heavy atom. The van der Waals surface area contributed by atoms with Gasteiger partial charge in [0.05, 0.1) is 17.3 Å². The molecule has 156 valence electrons. The van der Waals surface area contributed by atoms with Gasteiger partial charge in [0, 0.05) is 37.6 Å². The zero-order chi connectivity index (χ0) is 21.5. The highest BCUT2D eigenvalue weighted by atomic mass is 35.5. The lowest BCUT2D eigenvalue weighted by Crippen LogP contribution is -2.18. The molecule has 0 radical (unpaired) electrons. The van der Waals surface area contributed by atoms with Gasteiger partial charge in [0.25, 0.3) is 5.91 Å². The number of aromatic nitrogens is 1. The molecule has 0 aliphatic heterocycles. The van der Waals surface area contributed by atoms with Gasteiger partial charge in [0.2, 0.25) is 0 Å². The quantitative estimate of drug-likeness (QED) is 0.409. The number of benzene rings is 2. The minimum absolute atomic E-state index is 0.0802. The lowest BCUT2D eigenvalue weighted by molar-refractivity contribution is 0.102. The maximum atomic E-state index is 12.7. The average molecular weight is 425 g/mol. The number of nitrogens with one attached hydrogen (secondary N) is 3. The number of carbonyl (C=O) groups is 1. The van der Waals surface area contributed by atoms with Crippen molar-refractivity contribution >= 4 is 28.9 Å². The molecule has 0 spiro atoms. The molecule has 0 saturated heterocycles. The van der Waals surface area contributed by atoms with Crippen molar-refractivity contribution in [2.24, 2.45) is 0 Å². The molecule has 1 aromatic heterocycles. The normalized spacial score (nSPS) is 10.7. The van der Waals surface area contributed by atoms with Gasteiger partial charge in [0.15, 0.2) is 0 Å². The summed E-state index contributed by atoms with van der Waals surface area (Å²) in [5, 5.41) is 18.6. The van der Waals surface area contributed by atoms with Crippen LogP contribution in [0.15, 0.2) is 54.7 Å². The van der Waals surface area contributed by atoms with E-state index in [4.69, 9.17) is 16.7 Å². The van der Waals surface area contributed by atoms with Gasteiger partial charge < -0.3 is 21.1 Å². The van der Waals surface area contributed by atoms with E-state index in [0.29, 0.717) is 29.5 Å². The molecule has 2 aromatic carbocycles. The Bertz CT molecular complexity index is 1020. The van der Waals surface area contributed by atoms with E-state index < -0.39 is 0 Å². The van der Waals surface area contributed by atoms with E-state index in [1.165, 1.54) is 0 Å². The summed E-state index contributed by atoms with van der Waals surface area (Å²) >= 11 is 6.55. The van der Waals surface area contributed by atoms with Crippen LogP contribution in [-0.4, -0.2) is 36.2 Å². The molecule has 0 atom stereocenters. The number of aliphatic hydroxyl groups is 1. The number of nitrogens with zero attached hydrogens (tertiary/aromatic N) is 1. The van der Waals surface area contributed by atoms with Crippen LogP contribution < -0.4 is 16.0 Å².